The molecule has 1 fully saturated rings. The van der Waals surface area contributed by atoms with Crippen LogP contribution in [0, 0.1) is 0 Å². The standard InChI is InChI=1S/C24H42N2O6/c1-7-9-11-12-13-14-17(25-23(30)32-24(3,4)5)21(28)26-18(15-10-8-2)20(27)16-19(26)22(29)31-6/h7,17-20,27H,1,8-16H2,2-6H3,(H,25,30)/t17-,18-,19-,20+/m0/s1. The summed E-state index contributed by atoms with van der Waals surface area (Å²) >= 11 is 0. The van der Waals surface area contributed by atoms with Gasteiger partial charge in [-0.05, 0) is 46.5 Å². The van der Waals surface area contributed by atoms with Crippen LogP contribution >= 0.6 is 0 Å². The predicted molar refractivity (Wildman–Crippen MR) is 123 cm³/mol. The molecular weight excluding hydrogens is 412 g/mol. The first kappa shape index (κ1) is 27.9. The van der Waals surface area contributed by atoms with Crippen LogP contribution in [0.3, 0.4) is 0 Å². The Morgan fingerprint density at radius 3 is 2.47 bits per heavy atom. The Morgan fingerprint density at radius 2 is 1.91 bits per heavy atom. The number of nitrogens with zero attached hydrogens (tertiary/aromatic N) is 1. The van der Waals surface area contributed by atoms with Gasteiger partial charge in [-0.15, -0.1) is 6.58 Å². The lowest BCUT2D eigenvalue weighted by Crippen LogP contribution is -2.55. The zero-order valence-electron chi connectivity index (χ0n) is 20.4. The van der Waals surface area contributed by atoms with E-state index in [1.54, 1.807) is 20.8 Å². The van der Waals surface area contributed by atoms with Crippen molar-refractivity contribution in [2.75, 3.05) is 7.11 Å². The minimum atomic E-state index is -0.868. The number of esters is 1. The number of carbonyl (C=O) groups is 3. The summed E-state index contributed by atoms with van der Waals surface area (Å²) in [4.78, 5) is 39.9. The zero-order chi connectivity index (χ0) is 24.3. The molecule has 0 aromatic rings. The molecule has 184 valence electrons. The summed E-state index contributed by atoms with van der Waals surface area (Å²) in [6, 6.07) is -2.21. The lowest BCUT2D eigenvalue weighted by atomic mass is 10.0. The normalized spacial score (nSPS) is 21.7. The van der Waals surface area contributed by atoms with Crippen molar-refractivity contribution in [2.45, 2.75) is 115 Å². The molecule has 0 unspecified atom stereocenters. The number of methoxy groups -OCH3 is 1. The number of nitrogens with one attached hydrogen (secondary N) is 1. The molecule has 8 nitrogen and oxygen atoms in total. The highest BCUT2D eigenvalue weighted by Crippen LogP contribution is 2.30. The fourth-order valence-corrected chi connectivity index (χ4v) is 4.02. The van der Waals surface area contributed by atoms with Gasteiger partial charge < -0.3 is 24.8 Å². The lowest BCUT2D eigenvalue weighted by molar-refractivity contribution is -0.153. The van der Waals surface area contributed by atoms with Crippen molar-refractivity contribution in [3.05, 3.63) is 12.7 Å². The maximum atomic E-state index is 13.6. The fraction of sp³-hybridized carbons (Fsp3) is 0.792. The number of rotatable bonds is 12. The molecular formula is C24H42N2O6. The zero-order valence-corrected chi connectivity index (χ0v) is 20.4. The summed E-state index contributed by atoms with van der Waals surface area (Å²) in [5, 5.41) is 13.3. The minimum Gasteiger partial charge on any atom is -0.467 e. The SMILES string of the molecule is C=CCCCCC[C@H](NC(=O)OC(C)(C)C)C(=O)N1[C@H](C(=O)OC)C[C@@H](O)[C@@H]1CCCC. The van der Waals surface area contributed by atoms with Gasteiger partial charge in [0.25, 0.3) is 0 Å². The van der Waals surface area contributed by atoms with E-state index in [0.717, 1.165) is 38.5 Å². The van der Waals surface area contributed by atoms with Gasteiger partial charge in [0.2, 0.25) is 5.91 Å². The van der Waals surface area contributed by atoms with E-state index in [1.165, 1.54) is 12.0 Å². The molecule has 0 spiro atoms. The summed E-state index contributed by atoms with van der Waals surface area (Å²) in [6.45, 7) is 11.0. The Hall–Kier alpha value is -2.09. The monoisotopic (exact) mass is 454 g/mol. The average molecular weight is 455 g/mol. The number of aliphatic hydroxyl groups excluding tert-OH is 1. The second kappa shape index (κ2) is 13.5. The highest BCUT2D eigenvalue weighted by atomic mass is 16.6. The molecule has 0 saturated carbocycles. The highest BCUT2D eigenvalue weighted by Gasteiger charge is 2.48. The minimum absolute atomic E-state index is 0.130. The molecule has 0 radical (unpaired) electrons. The van der Waals surface area contributed by atoms with Crippen molar-refractivity contribution in [3.63, 3.8) is 0 Å². The second-order valence-corrected chi connectivity index (χ2v) is 9.42. The Morgan fingerprint density at radius 1 is 1.22 bits per heavy atom. The van der Waals surface area contributed by atoms with Gasteiger partial charge in [-0.3, -0.25) is 4.79 Å². The van der Waals surface area contributed by atoms with Crippen LogP contribution in [0.5, 0.6) is 0 Å². The van der Waals surface area contributed by atoms with Crippen molar-refractivity contribution in [1.29, 1.82) is 0 Å². The Bertz CT molecular complexity index is 630. The van der Waals surface area contributed by atoms with Gasteiger partial charge in [0.15, 0.2) is 0 Å². The topological polar surface area (TPSA) is 105 Å². The van der Waals surface area contributed by atoms with Crippen LogP contribution in [0.2, 0.25) is 0 Å². The first-order valence-corrected chi connectivity index (χ1v) is 11.7. The number of allylic oxidation sites excluding steroid dienone is 1. The van der Waals surface area contributed by atoms with Gasteiger partial charge in [-0.25, -0.2) is 9.59 Å². The smallest absolute Gasteiger partial charge is 0.408 e. The maximum Gasteiger partial charge on any atom is 0.408 e. The molecule has 8 heteroatoms. The number of amides is 2. The molecule has 0 aromatic heterocycles. The van der Waals surface area contributed by atoms with E-state index >= 15 is 0 Å². The van der Waals surface area contributed by atoms with Crippen LogP contribution in [-0.2, 0) is 19.1 Å². The number of hydrogen-bond acceptors (Lipinski definition) is 6. The van der Waals surface area contributed by atoms with E-state index in [0.29, 0.717) is 12.8 Å². The molecule has 0 aliphatic carbocycles. The van der Waals surface area contributed by atoms with E-state index in [1.807, 2.05) is 13.0 Å². The number of carbonyl (C=O) groups excluding carboxylic acids is 3. The molecule has 2 amide bonds. The molecule has 1 aliphatic heterocycles. The third kappa shape index (κ3) is 8.81. The van der Waals surface area contributed by atoms with E-state index in [4.69, 9.17) is 9.47 Å². The van der Waals surface area contributed by atoms with Crippen molar-refractivity contribution < 1.29 is 29.0 Å². The summed E-state index contributed by atoms with van der Waals surface area (Å²) < 4.78 is 10.3. The van der Waals surface area contributed by atoms with Crippen LogP contribution in [0.25, 0.3) is 0 Å². The molecule has 1 aliphatic rings. The summed E-state index contributed by atoms with van der Waals surface area (Å²) in [6.07, 6.45) is 6.63. The third-order valence-corrected chi connectivity index (χ3v) is 5.57. The van der Waals surface area contributed by atoms with Gasteiger partial charge >= 0.3 is 12.1 Å². The molecule has 1 saturated heterocycles. The van der Waals surface area contributed by atoms with Crippen molar-refractivity contribution in [3.8, 4) is 0 Å². The lowest BCUT2D eigenvalue weighted by Gasteiger charge is -2.33. The van der Waals surface area contributed by atoms with Gasteiger partial charge in [0.05, 0.1) is 19.3 Å². The molecule has 1 heterocycles. The second-order valence-electron chi connectivity index (χ2n) is 9.42. The van der Waals surface area contributed by atoms with Crippen LogP contribution in [0.15, 0.2) is 12.7 Å². The van der Waals surface area contributed by atoms with Crippen LogP contribution < -0.4 is 5.32 Å². The maximum absolute atomic E-state index is 13.6. The van der Waals surface area contributed by atoms with E-state index < -0.39 is 41.9 Å². The van der Waals surface area contributed by atoms with Gasteiger partial charge in [-0.1, -0.05) is 38.7 Å². The van der Waals surface area contributed by atoms with Gasteiger partial charge in [0, 0.05) is 6.42 Å². The predicted octanol–water partition coefficient (Wildman–Crippen LogP) is 3.71. The van der Waals surface area contributed by atoms with E-state index in [-0.39, 0.29) is 12.3 Å². The van der Waals surface area contributed by atoms with Crippen molar-refractivity contribution >= 4 is 18.0 Å². The average Bonchev–Trinajstić information content (AvgIpc) is 3.04. The Labute approximate surface area is 192 Å². The quantitative estimate of drug-likeness (QED) is 0.265. The van der Waals surface area contributed by atoms with Crippen LogP contribution in [0.1, 0.15) is 85.5 Å². The molecule has 0 bridgehead atoms. The number of likely N-dealkylation sites (tertiary alicyclic amines) is 1. The van der Waals surface area contributed by atoms with Crippen LogP contribution in [-0.4, -0.2) is 64.9 Å². The third-order valence-electron chi connectivity index (χ3n) is 5.57. The Kier molecular flexibility index (Phi) is 11.8. The number of aliphatic hydroxyl groups is 1. The Balaban J connectivity index is 3.09. The van der Waals surface area contributed by atoms with Crippen LogP contribution in [0.4, 0.5) is 4.79 Å². The number of ether oxygens (including phenoxy) is 2. The molecule has 1 rings (SSSR count). The van der Waals surface area contributed by atoms with Crippen molar-refractivity contribution in [1.82, 2.24) is 10.2 Å². The van der Waals surface area contributed by atoms with Gasteiger partial charge in [-0.2, -0.15) is 0 Å². The molecule has 0 aromatic carbocycles. The molecule has 4 atom stereocenters. The molecule has 2 N–H and O–H groups in total. The highest BCUT2D eigenvalue weighted by molar-refractivity contribution is 5.90. The number of unbranched alkanes of at least 4 members (excludes halogenated alkanes) is 4. The van der Waals surface area contributed by atoms with Crippen molar-refractivity contribution in [2.24, 2.45) is 0 Å². The first-order valence-electron chi connectivity index (χ1n) is 11.7. The van der Waals surface area contributed by atoms with Gasteiger partial charge in [0.1, 0.15) is 17.7 Å². The molecule has 32 heavy (non-hydrogen) atoms. The van der Waals surface area contributed by atoms with E-state index in [2.05, 4.69) is 11.9 Å². The summed E-state index contributed by atoms with van der Waals surface area (Å²) in [7, 11) is 1.27. The number of alkyl carbamates (subject to hydrolysis) is 1. The number of hydrogen-bond donors (Lipinski definition) is 2. The summed E-state index contributed by atoms with van der Waals surface area (Å²) in [5.41, 5.74) is -0.705. The fourth-order valence-electron chi connectivity index (χ4n) is 4.02. The van der Waals surface area contributed by atoms with E-state index in [9.17, 15) is 19.5 Å². The first-order chi connectivity index (χ1) is 15.1. The summed E-state index contributed by atoms with van der Waals surface area (Å²) in [5.74, 6) is -0.939. The largest absolute Gasteiger partial charge is 0.467 e.